The third-order valence-corrected chi connectivity index (χ3v) is 3.13. The van der Waals surface area contributed by atoms with Crippen LogP contribution in [-0.2, 0) is 0 Å². The van der Waals surface area contributed by atoms with E-state index in [2.05, 4.69) is 60.8 Å². The minimum atomic E-state index is 0.218. The lowest BCUT2D eigenvalue weighted by Gasteiger charge is -2.21. The zero-order chi connectivity index (χ0) is 12.8. The molecular formula is C16H20N2. The van der Waals surface area contributed by atoms with Crippen molar-refractivity contribution in [2.75, 3.05) is 13.1 Å². The number of hydrogen-bond donors (Lipinski definition) is 2. The first-order valence-corrected chi connectivity index (χ1v) is 6.37. The molecule has 1 atom stereocenters. The van der Waals surface area contributed by atoms with E-state index in [1.54, 1.807) is 0 Å². The summed E-state index contributed by atoms with van der Waals surface area (Å²) in [6, 6.07) is 19.2. The Hall–Kier alpha value is -1.64. The van der Waals surface area contributed by atoms with Crippen LogP contribution < -0.4 is 11.1 Å². The average Bonchev–Trinajstić information content (AvgIpc) is 2.42. The van der Waals surface area contributed by atoms with E-state index in [0.717, 1.165) is 6.54 Å². The first-order chi connectivity index (χ1) is 8.83. The van der Waals surface area contributed by atoms with Gasteiger partial charge in [-0.3, -0.25) is 0 Å². The Balaban J connectivity index is 2.34. The number of nitrogens with one attached hydrogen (secondary N) is 1. The maximum atomic E-state index is 5.61. The smallest absolute Gasteiger partial charge is 0.0579 e. The molecule has 2 aromatic carbocycles. The van der Waals surface area contributed by atoms with E-state index in [4.69, 9.17) is 5.73 Å². The Morgan fingerprint density at radius 1 is 1.00 bits per heavy atom. The summed E-state index contributed by atoms with van der Waals surface area (Å²) in [4.78, 5) is 0. The van der Waals surface area contributed by atoms with Crippen LogP contribution in [0.25, 0.3) is 0 Å². The van der Waals surface area contributed by atoms with Gasteiger partial charge in [0.05, 0.1) is 6.04 Å². The standard InChI is InChI=1S/C16H20N2/c1-13-7-5-6-10-15(13)16(18-12-11-17)14-8-3-2-4-9-14/h2-10,16,18H,11-12,17H2,1H3. The summed E-state index contributed by atoms with van der Waals surface area (Å²) >= 11 is 0. The van der Waals surface area contributed by atoms with E-state index >= 15 is 0 Å². The van der Waals surface area contributed by atoms with Crippen molar-refractivity contribution in [1.29, 1.82) is 0 Å². The molecule has 0 saturated heterocycles. The predicted octanol–water partition coefficient (Wildman–Crippen LogP) is 2.63. The highest BCUT2D eigenvalue weighted by Gasteiger charge is 2.14. The number of hydrogen-bond acceptors (Lipinski definition) is 2. The van der Waals surface area contributed by atoms with Crippen molar-refractivity contribution in [3.63, 3.8) is 0 Å². The molecule has 1 unspecified atom stereocenters. The van der Waals surface area contributed by atoms with Gasteiger partial charge in [-0.15, -0.1) is 0 Å². The molecule has 0 aliphatic carbocycles. The molecule has 0 saturated carbocycles. The fraction of sp³-hybridized carbons (Fsp3) is 0.250. The van der Waals surface area contributed by atoms with Crippen molar-refractivity contribution in [2.45, 2.75) is 13.0 Å². The number of nitrogens with two attached hydrogens (primary N) is 1. The van der Waals surface area contributed by atoms with E-state index in [9.17, 15) is 0 Å². The molecule has 94 valence electrons. The summed E-state index contributed by atoms with van der Waals surface area (Å²) in [5, 5.41) is 3.52. The Labute approximate surface area is 109 Å². The predicted molar refractivity (Wildman–Crippen MR) is 76.5 cm³/mol. The highest BCUT2D eigenvalue weighted by molar-refractivity contribution is 5.36. The molecule has 2 heteroatoms. The lowest BCUT2D eigenvalue weighted by Crippen LogP contribution is -2.28. The van der Waals surface area contributed by atoms with Crippen LogP contribution in [0.3, 0.4) is 0 Å². The highest BCUT2D eigenvalue weighted by Crippen LogP contribution is 2.24. The van der Waals surface area contributed by atoms with Gasteiger partial charge in [-0.2, -0.15) is 0 Å². The zero-order valence-electron chi connectivity index (χ0n) is 10.8. The van der Waals surface area contributed by atoms with Crippen LogP contribution in [0.2, 0.25) is 0 Å². The van der Waals surface area contributed by atoms with E-state index < -0.39 is 0 Å². The summed E-state index contributed by atoms with van der Waals surface area (Å²) in [7, 11) is 0. The maximum absolute atomic E-state index is 5.61. The second-order valence-corrected chi connectivity index (χ2v) is 4.44. The first kappa shape index (κ1) is 12.8. The third-order valence-electron chi connectivity index (χ3n) is 3.13. The second-order valence-electron chi connectivity index (χ2n) is 4.44. The van der Waals surface area contributed by atoms with Gasteiger partial charge >= 0.3 is 0 Å². The fourth-order valence-electron chi connectivity index (χ4n) is 2.19. The number of benzene rings is 2. The van der Waals surface area contributed by atoms with Crippen LogP contribution in [0, 0.1) is 6.92 Å². The molecule has 18 heavy (non-hydrogen) atoms. The molecule has 0 heterocycles. The summed E-state index contributed by atoms with van der Waals surface area (Å²) in [5.41, 5.74) is 9.51. The molecule has 0 aliphatic heterocycles. The highest BCUT2D eigenvalue weighted by atomic mass is 14.9. The topological polar surface area (TPSA) is 38.0 Å². The number of aryl methyl sites for hydroxylation is 1. The third kappa shape index (κ3) is 2.97. The molecule has 3 N–H and O–H groups in total. The fourth-order valence-corrected chi connectivity index (χ4v) is 2.19. The van der Waals surface area contributed by atoms with Crippen molar-refractivity contribution in [3.8, 4) is 0 Å². The molecule has 2 rings (SSSR count). The largest absolute Gasteiger partial charge is 0.329 e. The summed E-state index contributed by atoms with van der Waals surface area (Å²) < 4.78 is 0. The van der Waals surface area contributed by atoms with Gasteiger partial charge in [0.2, 0.25) is 0 Å². The zero-order valence-corrected chi connectivity index (χ0v) is 10.8. The van der Waals surface area contributed by atoms with E-state index in [1.165, 1.54) is 16.7 Å². The average molecular weight is 240 g/mol. The summed E-state index contributed by atoms with van der Waals surface area (Å²) in [5.74, 6) is 0. The van der Waals surface area contributed by atoms with Crippen molar-refractivity contribution in [3.05, 3.63) is 71.3 Å². The molecule has 0 bridgehead atoms. The van der Waals surface area contributed by atoms with Crippen molar-refractivity contribution < 1.29 is 0 Å². The van der Waals surface area contributed by atoms with Crippen molar-refractivity contribution in [2.24, 2.45) is 5.73 Å². The van der Waals surface area contributed by atoms with Gasteiger partial charge in [0.15, 0.2) is 0 Å². The van der Waals surface area contributed by atoms with E-state index in [-0.39, 0.29) is 6.04 Å². The molecule has 2 nitrogen and oxygen atoms in total. The maximum Gasteiger partial charge on any atom is 0.0579 e. The Morgan fingerprint density at radius 2 is 1.67 bits per heavy atom. The van der Waals surface area contributed by atoms with Crippen LogP contribution in [0.5, 0.6) is 0 Å². The Bertz CT molecular complexity index is 479. The Kier molecular flexibility index (Phi) is 4.51. The van der Waals surface area contributed by atoms with Gasteiger partial charge in [0, 0.05) is 13.1 Å². The van der Waals surface area contributed by atoms with Gasteiger partial charge in [0.1, 0.15) is 0 Å². The van der Waals surface area contributed by atoms with E-state index in [1.807, 2.05) is 6.07 Å². The SMILES string of the molecule is Cc1ccccc1C(NCCN)c1ccccc1. The van der Waals surface area contributed by atoms with Crippen LogP contribution in [0.1, 0.15) is 22.7 Å². The minimum Gasteiger partial charge on any atom is -0.329 e. The lowest BCUT2D eigenvalue weighted by molar-refractivity contribution is 0.609. The summed E-state index contributed by atoms with van der Waals surface area (Å²) in [6.07, 6.45) is 0. The van der Waals surface area contributed by atoms with Gasteiger partial charge in [-0.25, -0.2) is 0 Å². The monoisotopic (exact) mass is 240 g/mol. The molecule has 0 fully saturated rings. The molecule has 0 amide bonds. The molecule has 0 spiro atoms. The Morgan fingerprint density at radius 3 is 2.33 bits per heavy atom. The minimum absolute atomic E-state index is 0.218. The van der Waals surface area contributed by atoms with Gasteiger partial charge < -0.3 is 11.1 Å². The van der Waals surface area contributed by atoms with Crippen LogP contribution in [0.15, 0.2) is 54.6 Å². The van der Waals surface area contributed by atoms with Gasteiger partial charge in [0.25, 0.3) is 0 Å². The summed E-state index contributed by atoms with van der Waals surface area (Å²) in [6.45, 7) is 3.61. The van der Waals surface area contributed by atoms with Crippen molar-refractivity contribution in [1.82, 2.24) is 5.32 Å². The number of rotatable bonds is 5. The molecule has 0 aliphatic rings. The van der Waals surface area contributed by atoms with Crippen LogP contribution in [-0.4, -0.2) is 13.1 Å². The van der Waals surface area contributed by atoms with Crippen LogP contribution >= 0.6 is 0 Å². The van der Waals surface area contributed by atoms with Gasteiger partial charge in [-0.1, -0.05) is 54.6 Å². The lowest BCUT2D eigenvalue weighted by atomic mass is 9.95. The quantitative estimate of drug-likeness (QED) is 0.843. The normalized spacial score (nSPS) is 12.3. The first-order valence-electron chi connectivity index (χ1n) is 6.37. The van der Waals surface area contributed by atoms with E-state index in [0.29, 0.717) is 6.54 Å². The molecular weight excluding hydrogens is 220 g/mol. The van der Waals surface area contributed by atoms with Crippen molar-refractivity contribution >= 4 is 0 Å². The molecule has 0 aromatic heterocycles. The molecule has 0 radical (unpaired) electrons. The van der Waals surface area contributed by atoms with Crippen LogP contribution in [0.4, 0.5) is 0 Å². The van der Waals surface area contributed by atoms with Gasteiger partial charge in [-0.05, 0) is 23.6 Å². The molecule has 2 aromatic rings. The second kappa shape index (κ2) is 6.34.